The van der Waals surface area contributed by atoms with Crippen molar-refractivity contribution in [2.24, 2.45) is 0 Å². The number of likely N-dealkylation sites (tertiary alicyclic amines) is 1. The van der Waals surface area contributed by atoms with Gasteiger partial charge in [0.25, 0.3) is 5.69 Å². The molecule has 2 amide bonds. The lowest BCUT2D eigenvalue weighted by Gasteiger charge is -2.26. The van der Waals surface area contributed by atoms with E-state index in [4.69, 9.17) is 0 Å². The average molecular weight is 325 g/mol. The summed E-state index contributed by atoms with van der Waals surface area (Å²) in [5.41, 5.74) is 2.40. The van der Waals surface area contributed by atoms with Gasteiger partial charge in [0.15, 0.2) is 0 Å². The van der Waals surface area contributed by atoms with E-state index in [1.807, 2.05) is 31.2 Å². The number of nitro benzene ring substituents is 1. The van der Waals surface area contributed by atoms with Crippen LogP contribution in [0.4, 0.5) is 16.2 Å². The molecule has 1 aliphatic heterocycles. The van der Waals surface area contributed by atoms with Gasteiger partial charge in [0.1, 0.15) is 5.69 Å². The lowest BCUT2D eigenvalue weighted by Crippen LogP contribution is -2.34. The van der Waals surface area contributed by atoms with Crippen molar-refractivity contribution >= 4 is 17.4 Å². The number of rotatable bonds is 3. The number of nitrogens with one attached hydrogen (secondary N) is 1. The lowest BCUT2D eigenvalue weighted by molar-refractivity contribution is -0.383. The fourth-order valence-corrected chi connectivity index (χ4v) is 3.22. The molecule has 1 aliphatic rings. The molecule has 1 fully saturated rings. The molecule has 124 valence electrons. The first kappa shape index (κ1) is 16.0. The maximum atomic E-state index is 12.7. The zero-order valence-corrected chi connectivity index (χ0v) is 13.4. The molecule has 6 nitrogen and oxygen atoms in total. The summed E-state index contributed by atoms with van der Waals surface area (Å²) in [6.07, 6.45) is 1.82. The fraction of sp³-hybridized carbons (Fsp3) is 0.278. The summed E-state index contributed by atoms with van der Waals surface area (Å²) in [7, 11) is 0. The third-order valence-electron chi connectivity index (χ3n) is 4.40. The van der Waals surface area contributed by atoms with Crippen LogP contribution in [0.1, 0.15) is 30.0 Å². The molecule has 1 atom stereocenters. The minimum absolute atomic E-state index is 0.00830. The van der Waals surface area contributed by atoms with Crippen LogP contribution in [0.5, 0.6) is 0 Å². The fourth-order valence-electron chi connectivity index (χ4n) is 3.22. The molecule has 0 spiro atoms. The van der Waals surface area contributed by atoms with Crippen LogP contribution >= 0.6 is 0 Å². The number of hydrogen-bond acceptors (Lipinski definition) is 3. The summed E-state index contributed by atoms with van der Waals surface area (Å²) in [4.78, 5) is 25.0. The first-order valence-electron chi connectivity index (χ1n) is 7.94. The van der Waals surface area contributed by atoms with Gasteiger partial charge in [-0.2, -0.15) is 0 Å². The highest BCUT2D eigenvalue weighted by Gasteiger charge is 2.31. The van der Waals surface area contributed by atoms with Crippen molar-refractivity contribution in [3.8, 4) is 0 Å². The quantitative estimate of drug-likeness (QED) is 0.676. The molecular formula is C18H19N3O3. The Bertz CT molecular complexity index is 776. The van der Waals surface area contributed by atoms with Gasteiger partial charge in [0.05, 0.1) is 11.0 Å². The van der Waals surface area contributed by atoms with Gasteiger partial charge in [-0.1, -0.05) is 36.4 Å². The number of nitrogens with zero attached hydrogens (tertiary/aromatic N) is 2. The van der Waals surface area contributed by atoms with Gasteiger partial charge < -0.3 is 10.2 Å². The zero-order valence-electron chi connectivity index (χ0n) is 13.4. The molecule has 2 aromatic carbocycles. The Hall–Kier alpha value is -2.89. The second-order valence-corrected chi connectivity index (χ2v) is 5.91. The van der Waals surface area contributed by atoms with Gasteiger partial charge in [0, 0.05) is 12.6 Å². The van der Waals surface area contributed by atoms with Gasteiger partial charge >= 0.3 is 6.03 Å². The summed E-state index contributed by atoms with van der Waals surface area (Å²) in [5.74, 6) is 0. The Labute approximate surface area is 140 Å². The Morgan fingerprint density at radius 1 is 1.21 bits per heavy atom. The molecule has 0 radical (unpaired) electrons. The highest BCUT2D eigenvalue weighted by atomic mass is 16.6. The molecule has 0 saturated carbocycles. The zero-order chi connectivity index (χ0) is 17.1. The number of hydrogen-bond donors (Lipinski definition) is 1. The van der Waals surface area contributed by atoms with Crippen LogP contribution in [0, 0.1) is 17.0 Å². The van der Waals surface area contributed by atoms with E-state index < -0.39 is 4.92 Å². The third kappa shape index (κ3) is 3.08. The number of anilines is 1. The second-order valence-electron chi connectivity index (χ2n) is 5.91. The first-order chi connectivity index (χ1) is 11.6. The minimum atomic E-state index is -0.488. The normalized spacial score (nSPS) is 16.9. The van der Waals surface area contributed by atoms with Crippen molar-refractivity contribution in [1.29, 1.82) is 0 Å². The van der Waals surface area contributed by atoms with Gasteiger partial charge in [-0.15, -0.1) is 0 Å². The van der Waals surface area contributed by atoms with Crippen LogP contribution < -0.4 is 5.32 Å². The van der Waals surface area contributed by atoms with Crippen LogP contribution in [-0.4, -0.2) is 22.4 Å². The monoisotopic (exact) mass is 325 g/mol. The molecule has 6 heteroatoms. The van der Waals surface area contributed by atoms with Crippen molar-refractivity contribution in [2.45, 2.75) is 25.8 Å². The van der Waals surface area contributed by atoms with E-state index in [0.29, 0.717) is 6.54 Å². The number of carbonyl (C=O) groups is 1. The Kier molecular flexibility index (Phi) is 4.46. The molecule has 0 aliphatic carbocycles. The third-order valence-corrected chi connectivity index (χ3v) is 4.40. The van der Waals surface area contributed by atoms with E-state index in [9.17, 15) is 14.9 Å². The van der Waals surface area contributed by atoms with E-state index in [-0.39, 0.29) is 23.4 Å². The summed E-state index contributed by atoms with van der Waals surface area (Å²) >= 11 is 0. The van der Waals surface area contributed by atoms with Gasteiger partial charge in [-0.25, -0.2) is 4.79 Å². The topological polar surface area (TPSA) is 75.5 Å². The summed E-state index contributed by atoms with van der Waals surface area (Å²) in [6.45, 7) is 2.68. The minimum Gasteiger partial charge on any atom is -0.317 e. The molecule has 3 rings (SSSR count). The van der Waals surface area contributed by atoms with Crippen LogP contribution in [-0.2, 0) is 0 Å². The van der Waals surface area contributed by atoms with Crippen molar-refractivity contribution < 1.29 is 9.72 Å². The van der Waals surface area contributed by atoms with E-state index in [1.165, 1.54) is 6.07 Å². The first-order valence-corrected chi connectivity index (χ1v) is 7.94. The van der Waals surface area contributed by atoms with Gasteiger partial charge in [-0.05, 0) is 37.0 Å². The predicted molar refractivity (Wildman–Crippen MR) is 92.0 cm³/mol. The van der Waals surface area contributed by atoms with Gasteiger partial charge in [-0.3, -0.25) is 10.1 Å². The van der Waals surface area contributed by atoms with Crippen molar-refractivity contribution in [3.05, 3.63) is 69.8 Å². The molecule has 1 saturated heterocycles. The van der Waals surface area contributed by atoms with Crippen molar-refractivity contribution in [3.63, 3.8) is 0 Å². The number of carbonyl (C=O) groups excluding carboxylic acids is 1. The maximum Gasteiger partial charge on any atom is 0.322 e. The smallest absolute Gasteiger partial charge is 0.317 e. The molecule has 1 heterocycles. The van der Waals surface area contributed by atoms with Crippen LogP contribution in [0.25, 0.3) is 0 Å². The number of benzene rings is 2. The lowest BCUT2D eigenvalue weighted by atomic mass is 9.99. The van der Waals surface area contributed by atoms with Crippen LogP contribution in [0.15, 0.2) is 48.5 Å². The van der Waals surface area contributed by atoms with Crippen molar-refractivity contribution in [1.82, 2.24) is 4.90 Å². The summed E-state index contributed by atoms with van der Waals surface area (Å²) < 4.78 is 0. The molecular weight excluding hydrogens is 306 g/mol. The predicted octanol–water partition coefficient (Wildman–Crippen LogP) is 4.27. The molecule has 0 bridgehead atoms. The molecule has 2 aromatic rings. The number of nitro groups is 1. The highest BCUT2D eigenvalue weighted by molar-refractivity contribution is 5.92. The molecule has 0 aromatic heterocycles. The standard InChI is InChI=1S/C18H19N3O3/c1-13-7-2-3-8-14(13)16-11-6-12-20(16)18(22)19-15-9-4-5-10-17(15)21(23)24/h2-5,7-10,16H,6,11-12H2,1H3,(H,19,22). The summed E-state index contributed by atoms with van der Waals surface area (Å²) in [5, 5.41) is 13.8. The largest absolute Gasteiger partial charge is 0.322 e. The number of para-hydroxylation sites is 2. The highest BCUT2D eigenvalue weighted by Crippen LogP contribution is 2.34. The number of amides is 2. The molecule has 24 heavy (non-hydrogen) atoms. The van der Waals surface area contributed by atoms with E-state index in [1.54, 1.807) is 23.1 Å². The average Bonchev–Trinajstić information content (AvgIpc) is 3.05. The SMILES string of the molecule is Cc1ccccc1C1CCCN1C(=O)Nc1ccccc1[N+](=O)[O-]. The van der Waals surface area contributed by atoms with E-state index in [0.717, 1.165) is 24.0 Å². The Morgan fingerprint density at radius 2 is 1.92 bits per heavy atom. The Morgan fingerprint density at radius 3 is 2.67 bits per heavy atom. The second kappa shape index (κ2) is 6.70. The number of urea groups is 1. The van der Waals surface area contributed by atoms with E-state index >= 15 is 0 Å². The van der Waals surface area contributed by atoms with Crippen molar-refractivity contribution in [2.75, 3.05) is 11.9 Å². The maximum absolute atomic E-state index is 12.7. The van der Waals surface area contributed by atoms with E-state index in [2.05, 4.69) is 5.32 Å². The number of aryl methyl sites for hydroxylation is 1. The molecule has 1 N–H and O–H groups in total. The molecule has 1 unspecified atom stereocenters. The Balaban J connectivity index is 1.82. The van der Waals surface area contributed by atoms with Crippen LogP contribution in [0.3, 0.4) is 0 Å². The van der Waals surface area contributed by atoms with Gasteiger partial charge in [0.2, 0.25) is 0 Å². The summed E-state index contributed by atoms with van der Waals surface area (Å²) in [6, 6.07) is 13.9. The van der Waals surface area contributed by atoms with Crippen LogP contribution in [0.2, 0.25) is 0 Å².